The summed E-state index contributed by atoms with van der Waals surface area (Å²) in [6.45, 7) is 0.125. The van der Waals surface area contributed by atoms with E-state index in [0.717, 1.165) is 23.1 Å². The van der Waals surface area contributed by atoms with E-state index in [1.54, 1.807) is 12.1 Å². The van der Waals surface area contributed by atoms with Crippen LogP contribution in [0.4, 0.5) is 5.69 Å². The van der Waals surface area contributed by atoms with Gasteiger partial charge in [-0.15, -0.1) is 0 Å². The number of nitrogens with two attached hydrogens (primary N) is 1. The van der Waals surface area contributed by atoms with Crippen LogP contribution in [0.3, 0.4) is 0 Å². The molecular weight excluding hydrogens is 424 g/mol. The standard InChI is InChI=1S/C21H20N2O5S2/c1-30(26,27)12-17-10-19(29)20(24)18(28-17)11-23-16-8-6-14(7-9-16)13-2-4-15(5-3-13)21(22)25/h2-10,23-24H,11-12H2,1H3,(H2,22,25). The molecule has 3 rings (SSSR count). The fourth-order valence-corrected chi connectivity index (χ4v) is 3.73. The lowest BCUT2D eigenvalue weighted by Gasteiger charge is -2.10. The van der Waals surface area contributed by atoms with E-state index in [4.69, 9.17) is 22.4 Å². The number of amides is 1. The van der Waals surface area contributed by atoms with Crippen molar-refractivity contribution < 1.29 is 22.7 Å². The number of benzene rings is 2. The summed E-state index contributed by atoms with van der Waals surface area (Å²) in [5.41, 5.74) is 8.35. The van der Waals surface area contributed by atoms with Crippen molar-refractivity contribution in [2.45, 2.75) is 12.3 Å². The number of hydrogen-bond acceptors (Lipinski definition) is 7. The number of sulfone groups is 1. The summed E-state index contributed by atoms with van der Waals surface area (Å²) in [6.07, 6.45) is 1.10. The molecule has 2 aromatic carbocycles. The second-order valence-corrected chi connectivity index (χ2v) is 9.37. The van der Waals surface area contributed by atoms with Crippen molar-refractivity contribution in [3.8, 4) is 16.9 Å². The third-order valence-corrected chi connectivity index (χ3v) is 5.41. The second kappa shape index (κ2) is 8.68. The molecule has 3 aromatic rings. The molecule has 1 aromatic heterocycles. The first kappa shape index (κ1) is 21.5. The van der Waals surface area contributed by atoms with Crippen molar-refractivity contribution in [1.29, 1.82) is 0 Å². The first-order chi connectivity index (χ1) is 14.1. The van der Waals surface area contributed by atoms with Crippen LogP contribution in [-0.2, 0) is 22.1 Å². The maximum atomic E-state index is 11.5. The molecule has 0 unspecified atom stereocenters. The minimum absolute atomic E-state index is 0.125. The van der Waals surface area contributed by atoms with Crippen LogP contribution in [-0.4, -0.2) is 25.7 Å². The van der Waals surface area contributed by atoms with E-state index in [1.807, 2.05) is 36.4 Å². The predicted molar refractivity (Wildman–Crippen MR) is 117 cm³/mol. The average molecular weight is 445 g/mol. The Hall–Kier alpha value is -3.17. The van der Waals surface area contributed by atoms with Crippen LogP contribution in [0.5, 0.6) is 5.75 Å². The molecule has 30 heavy (non-hydrogen) atoms. The van der Waals surface area contributed by atoms with Crippen molar-refractivity contribution in [3.05, 3.63) is 76.2 Å². The highest BCUT2D eigenvalue weighted by Gasteiger charge is 2.13. The molecule has 9 heteroatoms. The van der Waals surface area contributed by atoms with E-state index in [1.165, 1.54) is 6.07 Å². The van der Waals surface area contributed by atoms with Crippen LogP contribution in [0.15, 0.2) is 59.0 Å². The molecule has 0 atom stereocenters. The highest BCUT2D eigenvalue weighted by Crippen LogP contribution is 2.25. The number of aromatic hydroxyl groups is 1. The zero-order valence-corrected chi connectivity index (χ0v) is 17.7. The Kier molecular flexibility index (Phi) is 6.23. The number of carbonyl (C=O) groups excluding carboxylic acids is 1. The van der Waals surface area contributed by atoms with Crippen molar-refractivity contribution in [2.75, 3.05) is 11.6 Å². The van der Waals surface area contributed by atoms with E-state index < -0.39 is 15.7 Å². The van der Waals surface area contributed by atoms with Gasteiger partial charge in [-0.25, -0.2) is 8.42 Å². The zero-order chi connectivity index (χ0) is 21.9. The Labute approximate surface area is 179 Å². The fraction of sp³-hybridized carbons (Fsp3) is 0.143. The molecule has 0 aliphatic heterocycles. The second-order valence-electron chi connectivity index (χ2n) is 6.79. The van der Waals surface area contributed by atoms with Gasteiger partial charge in [0.1, 0.15) is 11.5 Å². The number of nitrogens with one attached hydrogen (secondary N) is 1. The summed E-state index contributed by atoms with van der Waals surface area (Å²) >= 11 is 5.08. The lowest BCUT2D eigenvalue weighted by molar-refractivity contribution is 0.100. The van der Waals surface area contributed by atoms with E-state index >= 15 is 0 Å². The highest BCUT2D eigenvalue weighted by atomic mass is 32.2. The van der Waals surface area contributed by atoms with Crippen molar-refractivity contribution in [1.82, 2.24) is 0 Å². The topological polar surface area (TPSA) is 123 Å². The molecule has 0 fully saturated rings. The minimum atomic E-state index is -3.30. The largest absolute Gasteiger partial charge is 0.503 e. The normalized spacial score (nSPS) is 11.2. The summed E-state index contributed by atoms with van der Waals surface area (Å²) in [5.74, 6) is -0.634. The Morgan fingerprint density at radius 1 is 1.10 bits per heavy atom. The summed E-state index contributed by atoms with van der Waals surface area (Å²) < 4.78 is 28.6. The Bertz CT molecular complexity index is 1230. The lowest BCUT2D eigenvalue weighted by atomic mass is 10.0. The van der Waals surface area contributed by atoms with Crippen LogP contribution in [0.25, 0.3) is 11.1 Å². The highest BCUT2D eigenvalue weighted by molar-refractivity contribution is 7.89. The van der Waals surface area contributed by atoms with Crippen molar-refractivity contribution in [3.63, 3.8) is 0 Å². The number of rotatable bonds is 7. The molecule has 156 valence electrons. The molecule has 0 radical (unpaired) electrons. The smallest absolute Gasteiger partial charge is 0.248 e. The SMILES string of the molecule is CS(=O)(=O)Cc1cc(=S)c(O)c(CNc2ccc(-c3ccc(C(N)=O)cc3)cc2)o1. The third-order valence-electron chi connectivity index (χ3n) is 4.29. The van der Waals surface area contributed by atoms with E-state index in [0.29, 0.717) is 5.56 Å². The molecule has 1 heterocycles. The molecule has 0 saturated carbocycles. The zero-order valence-electron chi connectivity index (χ0n) is 16.1. The summed E-state index contributed by atoms with van der Waals surface area (Å²) in [5, 5.41) is 13.2. The molecule has 0 spiro atoms. The number of anilines is 1. The fourth-order valence-electron chi connectivity index (χ4n) is 2.83. The summed E-state index contributed by atoms with van der Waals surface area (Å²) in [7, 11) is -3.30. The van der Waals surface area contributed by atoms with Gasteiger partial charge in [0.05, 0.1) is 11.1 Å². The van der Waals surface area contributed by atoms with Gasteiger partial charge in [0.15, 0.2) is 21.3 Å². The van der Waals surface area contributed by atoms with Crippen LogP contribution < -0.4 is 11.1 Å². The maximum Gasteiger partial charge on any atom is 0.248 e. The first-order valence-corrected chi connectivity index (χ1v) is 11.4. The van der Waals surface area contributed by atoms with Crippen LogP contribution in [0, 0.1) is 4.51 Å². The number of carbonyl (C=O) groups is 1. The van der Waals surface area contributed by atoms with Crippen LogP contribution in [0.2, 0.25) is 0 Å². The van der Waals surface area contributed by atoms with Gasteiger partial charge in [-0.05, 0) is 41.5 Å². The molecule has 4 N–H and O–H groups in total. The molecular formula is C21H20N2O5S2. The maximum absolute atomic E-state index is 11.5. The average Bonchev–Trinajstić information content (AvgIpc) is 2.69. The van der Waals surface area contributed by atoms with Gasteiger partial charge >= 0.3 is 0 Å². The molecule has 0 aliphatic rings. The predicted octanol–water partition coefficient (Wildman–Crippen LogP) is 3.64. The van der Waals surface area contributed by atoms with E-state index in [-0.39, 0.29) is 34.1 Å². The first-order valence-electron chi connectivity index (χ1n) is 8.89. The third kappa shape index (κ3) is 5.46. The monoisotopic (exact) mass is 444 g/mol. The number of primary amides is 1. The minimum Gasteiger partial charge on any atom is -0.503 e. The molecule has 0 aliphatic carbocycles. The lowest BCUT2D eigenvalue weighted by Crippen LogP contribution is -2.10. The molecule has 1 amide bonds. The number of hydrogen-bond donors (Lipinski definition) is 3. The van der Waals surface area contributed by atoms with E-state index in [9.17, 15) is 18.3 Å². The van der Waals surface area contributed by atoms with Gasteiger partial charge in [0.25, 0.3) is 0 Å². The Morgan fingerprint density at radius 2 is 1.67 bits per heavy atom. The molecule has 7 nitrogen and oxygen atoms in total. The van der Waals surface area contributed by atoms with Gasteiger partial charge in [-0.2, -0.15) is 0 Å². The summed E-state index contributed by atoms with van der Waals surface area (Å²) in [4.78, 5) is 11.2. The van der Waals surface area contributed by atoms with Crippen molar-refractivity contribution in [2.24, 2.45) is 5.73 Å². The van der Waals surface area contributed by atoms with Crippen LogP contribution in [0.1, 0.15) is 21.9 Å². The van der Waals surface area contributed by atoms with Gasteiger partial charge in [-0.1, -0.05) is 36.5 Å². The molecule has 0 saturated heterocycles. The summed E-state index contributed by atoms with van der Waals surface area (Å²) in [6, 6.07) is 15.8. The molecule has 0 bridgehead atoms. The van der Waals surface area contributed by atoms with Gasteiger partial charge in [0, 0.05) is 17.5 Å². The van der Waals surface area contributed by atoms with E-state index in [2.05, 4.69) is 5.32 Å². The van der Waals surface area contributed by atoms with Gasteiger partial charge in [0.2, 0.25) is 5.91 Å². The van der Waals surface area contributed by atoms with Gasteiger partial charge < -0.3 is 20.6 Å². The van der Waals surface area contributed by atoms with Crippen molar-refractivity contribution >= 4 is 33.6 Å². The Morgan fingerprint density at radius 3 is 2.20 bits per heavy atom. The van der Waals surface area contributed by atoms with Crippen LogP contribution >= 0.6 is 12.2 Å². The van der Waals surface area contributed by atoms with Gasteiger partial charge in [-0.3, -0.25) is 4.79 Å². The Balaban J connectivity index is 1.73. The quantitative estimate of drug-likeness (QED) is 0.476.